The summed E-state index contributed by atoms with van der Waals surface area (Å²) >= 11 is 0. The van der Waals surface area contributed by atoms with Crippen LogP contribution >= 0.6 is 0 Å². The van der Waals surface area contributed by atoms with Gasteiger partial charge in [0.25, 0.3) is 0 Å². The first-order valence-electron chi connectivity index (χ1n) is 1.26. The van der Waals surface area contributed by atoms with E-state index in [1.54, 1.807) is 0 Å². The number of hydrogen-bond acceptors (Lipinski definition) is 2. The molecule has 0 aromatic carbocycles. The molecule has 0 bridgehead atoms. The van der Waals surface area contributed by atoms with Crippen LogP contribution in [-0.2, 0) is 19.5 Å². The van der Waals surface area contributed by atoms with Gasteiger partial charge in [-0.3, -0.25) is 0 Å². The molecule has 0 radical (unpaired) electrons. The Morgan fingerprint density at radius 2 is 1.50 bits per heavy atom. The summed E-state index contributed by atoms with van der Waals surface area (Å²) in [5.74, 6) is 0. The minimum Gasteiger partial charge on any atom is -0.428 e. The molecule has 2 nitrogen and oxygen atoms in total. The van der Waals surface area contributed by atoms with E-state index in [9.17, 15) is 0 Å². The van der Waals surface area contributed by atoms with Gasteiger partial charge in [-0.2, -0.15) is 0 Å². The summed E-state index contributed by atoms with van der Waals surface area (Å²) in [4.78, 5) is 0. The van der Waals surface area contributed by atoms with Crippen LogP contribution < -0.4 is 0 Å². The summed E-state index contributed by atoms with van der Waals surface area (Å²) in [6.45, 7) is 3.04. The van der Waals surface area contributed by atoms with Crippen LogP contribution in [0.4, 0.5) is 0 Å². The molecule has 0 saturated carbocycles. The molecule has 0 aromatic rings. The largest absolute Gasteiger partial charge is 0.428 e. The average Bonchev–Trinajstić information content (AvgIpc) is 1.46. The van der Waals surface area contributed by atoms with Gasteiger partial charge >= 0.3 is 0 Å². The quantitative estimate of drug-likeness (QED) is 0.351. The first-order chi connectivity index (χ1) is 2.41. The minimum absolute atomic E-state index is 0. The zero-order chi connectivity index (χ0) is 4.71. The molecule has 0 aliphatic carbocycles. The normalized spacial score (nSPS) is 4.00. The fourth-order valence-electron chi connectivity index (χ4n) is 0. The van der Waals surface area contributed by atoms with Gasteiger partial charge < -0.3 is 17.1 Å². The van der Waals surface area contributed by atoms with Gasteiger partial charge in [-0.25, -0.2) is 0 Å². The Morgan fingerprint density at radius 3 is 1.50 bits per heavy atom. The third kappa shape index (κ3) is 193. The molecule has 0 unspecified atom stereocenters. The maximum atomic E-state index is 7.46. The van der Waals surface area contributed by atoms with Crippen molar-refractivity contribution in [2.75, 3.05) is 13.7 Å². The third-order valence-corrected chi connectivity index (χ3v) is 0. The Morgan fingerprint density at radius 1 is 1.50 bits per heavy atom. The predicted octanol–water partition coefficient (Wildman–Crippen LogP) is -0.581. The molecule has 0 heterocycles. The summed E-state index contributed by atoms with van der Waals surface area (Å²) in [6, 6.07) is 0. The van der Waals surface area contributed by atoms with E-state index < -0.39 is 0 Å². The molecule has 2 N–H and O–H groups in total. The van der Waals surface area contributed by atoms with E-state index in [-0.39, 0.29) is 26.1 Å². The topological polar surface area (TPSA) is 40.5 Å². The Bertz CT molecular complexity index is 8.75. The van der Waals surface area contributed by atoms with Gasteiger partial charge in [0.1, 0.15) is 0 Å². The second kappa shape index (κ2) is 48.0. The summed E-state index contributed by atoms with van der Waals surface area (Å²) in [7, 11) is 1.00. The first kappa shape index (κ1) is 16.0. The van der Waals surface area contributed by atoms with Crippen LogP contribution in [0, 0.1) is 6.92 Å². The van der Waals surface area contributed by atoms with E-state index in [0.29, 0.717) is 0 Å². The molecule has 0 fully saturated rings. The van der Waals surface area contributed by atoms with E-state index in [4.69, 9.17) is 10.2 Å². The molecular formula is C3H9O2Zn-. The SMILES string of the molecule is CO.[CH2-]CO.[Zn]. The number of hydrogen-bond donors (Lipinski definition) is 2. The van der Waals surface area contributed by atoms with E-state index in [1.807, 2.05) is 0 Å². The summed E-state index contributed by atoms with van der Waals surface area (Å²) < 4.78 is 0. The van der Waals surface area contributed by atoms with Crippen molar-refractivity contribution < 1.29 is 29.7 Å². The van der Waals surface area contributed by atoms with E-state index in [0.717, 1.165) is 7.11 Å². The zero-order valence-corrected chi connectivity index (χ0v) is 6.98. The molecule has 0 aliphatic heterocycles. The van der Waals surface area contributed by atoms with Crippen molar-refractivity contribution in [3.63, 3.8) is 0 Å². The van der Waals surface area contributed by atoms with Crippen molar-refractivity contribution in [2.24, 2.45) is 0 Å². The van der Waals surface area contributed by atoms with Crippen molar-refractivity contribution in [1.82, 2.24) is 0 Å². The molecular weight excluding hydrogens is 133 g/mol. The fraction of sp³-hybridized carbons (Fsp3) is 0.667. The smallest absolute Gasteiger partial charge is 0.0319 e. The molecule has 0 atom stereocenters. The van der Waals surface area contributed by atoms with Crippen LogP contribution in [0.1, 0.15) is 0 Å². The van der Waals surface area contributed by atoms with Gasteiger partial charge in [-0.15, -0.1) is 0 Å². The fourth-order valence-corrected chi connectivity index (χ4v) is 0. The minimum atomic E-state index is 0. The van der Waals surface area contributed by atoms with Crippen molar-refractivity contribution in [3.05, 3.63) is 6.92 Å². The predicted molar refractivity (Wildman–Crippen MR) is 20.6 cm³/mol. The standard InChI is InChI=1S/C2H5O.CH4O.Zn/c1-2-3;1-2;/h3H,1-2H2;2H,1H3;/q-1;;. The molecule has 0 spiro atoms. The Kier molecular flexibility index (Phi) is 128. The number of aliphatic hydroxyl groups excluding tert-OH is 2. The second-order valence-corrected chi connectivity index (χ2v) is 0.224. The van der Waals surface area contributed by atoms with E-state index >= 15 is 0 Å². The molecule has 0 aliphatic rings. The third-order valence-electron chi connectivity index (χ3n) is 0. The number of aliphatic hydroxyl groups is 2. The summed E-state index contributed by atoms with van der Waals surface area (Å²) in [5, 5.41) is 14.5. The maximum absolute atomic E-state index is 7.46. The van der Waals surface area contributed by atoms with Crippen molar-refractivity contribution in [1.29, 1.82) is 0 Å². The average molecular weight is 142 g/mol. The van der Waals surface area contributed by atoms with E-state index in [2.05, 4.69) is 6.92 Å². The van der Waals surface area contributed by atoms with Crippen LogP contribution in [0.5, 0.6) is 0 Å². The van der Waals surface area contributed by atoms with Gasteiger partial charge in [0.15, 0.2) is 0 Å². The Labute approximate surface area is 50.9 Å². The molecule has 0 amide bonds. The molecule has 3 heteroatoms. The van der Waals surface area contributed by atoms with E-state index in [1.165, 1.54) is 0 Å². The summed E-state index contributed by atoms with van der Waals surface area (Å²) in [6.07, 6.45) is 0. The van der Waals surface area contributed by atoms with Crippen molar-refractivity contribution in [3.8, 4) is 0 Å². The monoisotopic (exact) mass is 141 g/mol. The van der Waals surface area contributed by atoms with Crippen molar-refractivity contribution >= 4 is 0 Å². The van der Waals surface area contributed by atoms with Crippen LogP contribution in [-0.4, -0.2) is 23.9 Å². The molecule has 6 heavy (non-hydrogen) atoms. The van der Waals surface area contributed by atoms with Gasteiger partial charge in [0.2, 0.25) is 0 Å². The van der Waals surface area contributed by atoms with Gasteiger partial charge in [0, 0.05) is 26.6 Å². The van der Waals surface area contributed by atoms with Gasteiger partial charge in [0.05, 0.1) is 0 Å². The van der Waals surface area contributed by atoms with Crippen molar-refractivity contribution in [2.45, 2.75) is 0 Å². The number of rotatable bonds is 0. The van der Waals surface area contributed by atoms with Gasteiger partial charge in [-0.1, -0.05) is 6.61 Å². The van der Waals surface area contributed by atoms with Crippen LogP contribution in [0.25, 0.3) is 0 Å². The molecule has 36 valence electrons. The van der Waals surface area contributed by atoms with Crippen LogP contribution in [0.2, 0.25) is 0 Å². The molecule has 0 rings (SSSR count). The molecule has 0 aromatic heterocycles. The summed E-state index contributed by atoms with van der Waals surface area (Å²) in [5.41, 5.74) is 0. The van der Waals surface area contributed by atoms with Gasteiger partial charge in [-0.05, 0) is 0 Å². The second-order valence-electron chi connectivity index (χ2n) is 0.224. The Balaban J connectivity index is -0.0000000275. The first-order valence-corrected chi connectivity index (χ1v) is 1.26. The maximum Gasteiger partial charge on any atom is 0.0319 e. The zero-order valence-electron chi connectivity index (χ0n) is 4.02. The van der Waals surface area contributed by atoms with Crippen LogP contribution in [0.3, 0.4) is 0 Å². The van der Waals surface area contributed by atoms with Crippen LogP contribution in [0.15, 0.2) is 0 Å². The molecule has 0 saturated heterocycles. The Hall–Kier alpha value is 0.543.